The van der Waals surface area contributed by atoms with Crippen LogP contribution in [0.5, 0.6) is 5.75 Å². The average Bonchev–Trinajstić information content (AvgIpc) is 2.15. The molecule has 1 atom stereocenters. The number of benzene rings is 1. The van der Waals surface area contributed by atoms with Crippen molar-refractivity contribution in [2.24, 2.45) is 0 Å². The molecule has 1 aromatic carbocycles. The minimum atomic E-state index is -4.86. The highest BCUT2D eigenvalue weighted by Crippen LogP contribution is 2.29. The largest absolute Gasteiger partial charge is 0.508 e. The number of alkyl halides is 3. The number of aromatic hydroxyl groups is 1. The first-order valence-electron chi connectivity index (χ1n) is 4.43. The van der Waals surface area contributed by atoms with Gasteiger partial charge in [0, 0.05) is 18.1 Å². The first kappa shape index (κ1) is 13.2. The highest BCUT2D eigenvalue weighted by atomic mass is 19.4. The molecule has 0 aliphatic rings. The Kier molecular flexibility index (Phi) is 3.56. The molecule has 0 saturated carbocycles. The Labute approximate surface area is 93.3 Å². The van der Waals surface area contributed by atoms with E-state index in [4.69, 9.17) is 10.2 Å². The summed E-state index contributed by atoms with van der Waals surface area (Å²) in [5.41, 5.74) is -0.953. The zero-order valence-electron chi connectivity index (χ0n) is 8.31. The van der Waals surface area contributed by atoms with Crippen molar-refractivity contribution in [3.8, 4) is 5.75 Å². The quantitative estimate of drug-likeness (QED) is 0.633. The van der Waals surface area contributed by atoms with Crippen LogP contribution in [0, 0.1) is 10.1 Å². The standard InChI is InChI=1S/C9H8F3NO4/c10-9(11,12)8(15)4-5-3-6(14)1-2-7(5)13(16)17/h1-3,8,14-15H,4H2. The molecule has 0 fully saturated rings. The number of hydrogen-bond donors (Lipinski definition) is 2. The molecule has 0 heterocycles. The van der Waals surface area contributed by atoms with Crippen LogP contribution in [0.3, 0.4) is 0 Å². The first-order chi connectivity index (χ1) is 7.71. The topological polar surface area (TPSA) is 83.6 Å². The van der Waals surface area contributed by atoms with Crippen LogP contribution in [-0.4, -0.2) is 27.4 Å². The van der Waals surface area contributed by atoms with Gasteiger partial charge >= 0.3 is 6.18 Å². The van der Waals surface area contributed by atoms with Gasteiger partial charge in [-0.1, -0.05) is 0 Å². The van der Waals surface area contributed by atoms with Crippen molar-refractivity contribution in [2.75, 3.05) is 0 Å². The van der Waals surface area contributed by atoms with Crippen molar-refractivity contribution < 1.29 is 28.3 Å². The molecule has 0 spiro atoms. The predicted molar refractivity (Wildman–Crippen MR) is 50.5 cm³/mol. The van der Waals surface area contributed by atoms with Crippen LogP contribution in [0.25, 0.3) is 0 Å². The Bertz CT molecular complexity index is 433. The van der Waals surface area contributed by atoms with E-state index in [9.17, 15) is 23.3 Å². The third-order valence-electron chi connectivity index (χ3n) is 2.05. The van der Waals surface area contributed by atoms with Crippen LogP contribution >= 0.6 is 0 Å². The molecule has 0 radical (unpaired) electrons. The molecule has 0 aliphatic heterocycles. The molecule has 1 unspecified atom stereocenters. The molecule has 0 amide bonds. The van der Waals surface area contributed by atoms with Crippen LogP contribution in [0.15, 0.2) is 18.2 Å². The van der Waals surface area contributed by atoms with E-state index in [1.807, 2.05) is 0 Å². The van der Waals surface area contributed by atoms with Gasteiger partial charge in [0.2, 0.25) is 0 Å². The number of nitro benzene ring substituents is 1. The molecule has 8 heteroatoms. The lowest BCUT2D eigenvalue weighted by Crippen LogP contribution is -2.30. The van der Waals surface area contributed by atoms with Crippen molar-refractivity contribution in [3.63, 3.8) is 0 Å². The minimum absolute atomic E-state index is 0.375. The van der Waals surface area contributed by atoms with Gasteiger partial charge in [0.15, 0.2) is 6.10 Å². The fraction of sp³-hybridized carbons (Fsp3) is 0.333. The van der Waals surface area contributed by atoms with E-state index in [1.54, 1.807) is 0 Å². The molecule has 0 aromatic heterocycles. The van der Waals surface area contributed by atoms with Gasteiger partial charge in [-0.05, 0) is 12.1 Å². The highest BCUT2D eigenvalue weighted by Gasteiger charge is 2.39. The zero-order chi connectivity index (χ0) is 13.2. The van der Waals surface area contributed by atoms with E-state index < -0.39 is 35.1 Å². The number of aliphatic hydroxyl groups excluding tert-OH is 1. The Balaban J connectivity index is 3.04. The van der Waals surface area contributed by atoms with E-state index in [0.29, 0.717) is 0 Å². The lowest BCUT2D eigenvalue weighted by atomic mass is 10.1. The fourth-order valence-corrected chi connectivity index (χ4v) is 1.24. The van der Waals surface area contributed by atoms with Crippen molar-refractivity contribution in [1.82, 2.24) is 0 Å². The molecule has 1 aromatic rings. The smallest absolute Gasteiger partial charge is 0.414 e. The highest BCUT2D eigenvalue weighted by molar-refractivity contribution is 5.45. The number of phenolic OH excluding ortho intramolecular Hbond substituents is 1. The molecule has 17 heavy (non-hydrogen) atoms. The van der Waals surface area contributed by atoms with Crippen LogP contribution < -0.4 is 0 Å². The second kappa shape index (κ2) is 4.58. The van der Waals surface area contributed by atoms with Gasteiger partial charge < -0.3 is 10.2 Å². The summed E-state index contributed by atoms with van der Waals surface area (Å²) in [7, 11) is 0. The van der Waals surface area contributed by atoms with Gasteiger partial charge in [-0.3, -0.25) is 10.1 Å². The number of phenols is 1. The number of halogens is 3. The molecule has 0 bridgehead atoms. The van der Waals surface area contributed by atoms with E-state index in [2.05, 4.69) is 0 Å². The Hall–Kier alpha value is -1.83. The fourth-order valence-electron chi connectivity index (χ4n) is 1.24. The number of aliphatic hydroxyl groups is 1. The number of hydrogen-bond acceptors (Lipinski definition) is 4. The van der Waals surface area contributed by atoms with Crippen molar-refractivity contribution in [3.05, 3.63) is 33.9 Å². The number of rotatable bonds is 3. The maximum atomic E-state index is 12.1. The zero-order valence-corrected chi connectivity index (χ0v) is 8.31. The summed E-state index contributed by atoms with van der Waals surface area (Å²) >= 11 is 0. The van der Waals surface area contributed by atoms with Crippen LogP contribution in [0.4, 0.5) is 18.9 Å². The molecular formula is C9H8F3NO4. The summed E-state index contributed by atoms with van der Waals surface area (Å²) in [6.45, 7) is 0. The normalized spacial score (nSPS) is 13.4. The third kappa shape index (κ3) is 3.31. The van der Waals surface area contributed by atoms with E-state index in [1.165, 1.54) is 0 Å². The second-order valence-electron chi connectivity index (χ2n) is 3.33. The summed E-state index contributed by atoms with van der Waals surface area (Å²) in [4.78, 5) is 9.65. The lowest BCUT2D eigenvalue weighted by molar-refractivity contribution is -0.385. The molecular weight excluding hydrogens is 243 g/mol. The lowest BCUT2D eigenvalue weighted by Gasteiger charge is -2.14. The minimum Gasteiger partial charge on any atom is -0.508 e. The Morgan fingerprint density at radius 3 is 2.47 bits per heavy atom. The summed E-state index contributed by atoms with van der Waals surface area (Å²) in [6, 6.07) is 2.70. The molecule has 5 nitrogen and oxygen atoms in total. The molecule has 1 rings (SSSR count). The maximum absolute atomic E-state index is 12.1. The van der Waals surface area contributed by atoms with Gasteiger partial charge in [-0.15, -0.1) is 0 Å². The summed E-state index contributed by atoms with van der Waals surface area (Å²) in [5.74, 6) is -0.403. The molecule has 0 saturated heterocycles. The van der Waals surface area contributed by atoms with E-state index >= 15 is 0 Å². The van der Waals surface area contributed by atoms with Gasteiger partial charge in [0.1, 0.15) is 5.75 Å². The number of nitro groups is 1. The summed E-state index contributed by atoms with van der Waals surface area (Å²) in [6.07, 6.45) is -8.55. The SMILES string of the molecule is O=[N+]([O-])c1ccc(O)cc1CC(O)C(F)(F)F. The first-order valence-corrected chi connectivity index (χ1v) is 4.43. The van der Waals surface area contributed by atoms with Gasteiger partial charge in [0.05, 0.1) is 4.92 Å². The van der Waals surface area contributed by atoms with Gasteiger partial charge in [-0.25, -0.2) is 0 Å². The van der Waals surface area contributed by atoms with Gasteiger partial charge in [-0.2, -0.15) is 13.2 Å². The molecule has 0 aliphatic carbocycles. The molecule has 94 valence electrons. The van der Waals surface area contributed by atoms with Crippen LogP contribution in [-0.2, 0) is 6.42 Å². The van der Waals surface area contributed by atoms with Crippen molar-refractivity contribution in [1.29, 1.82) is 0 Å². The van der Waals surface area contributed by atoms with E-state index in [-0.39, 0.29) is 5.56 Å². The average molecular weight is 251 g/mol. The third-order valence-corrected chi connectivity index (χ3v) is 2.05. The van der Waals surface area contributed by atoms with E-state index in [0.717, 1.165) is 18.2 Å². The van der Waals surface area contributed by atoms with Crippen molar-refractivity contribution in [2.45, 2.75) is 18.7 Å². The summed E-state index contributed by atoms with van der Waals surface area (Å²) < 4.78 is 36.3. The van der Waals surface area contributed by atoms with Crippen LogP contribution in [0.1, 0.15) is 5.56 Å². The van der Waals surface area contributed by atoms with Crippen LogP contribution in [0.2, 0.25) is 0 Å². The Morgan fingerprint density at radius 1 is 1.41 bits per heavy atom. The van der Waals surface area contributed by atoms with Crippen molar-refractivity contribution >= 4 is 5.69 Å². The Morgan fingerprint density at radius 2 is 2.00 bits per heavy atom. The monoisotopic (exact) mass is 251 g/mol. The van der Waals surface area contributed by atoms with Gasteiger partial charge in [0.25, 0.3) is 5.69 Å². The maximum Gasteiger partial charge on any atom is 0.414 e. The summed E-state index contributed by atoms with van der Waals surface area (Å²) in [5, 5.41) is 28.4. The second-order valence-corrected chi connectivity index (χ2v) is 3.33. The molecule has 2 N–H and O–H groups in total. The predicted octanol–water partition coefficient (Wildman–Crippen LogP) is 1.77. The number of nitrogens with zero attached hydrogens (tertiary/aromatic N) is 1.